The van der Waals surface area contributed by atoms with Gasteiger partial charge in [-0.1, -0.05) is 31.4 Å². The summed E-state index contributed by atoms with van der Waals surface area (Å²) in [6.45, 7) is 1.83. The summed E-state index contributed by atoms with van der Waals surface area (Å²) >= 11 is 0. The highest BCUT2D eigenvalue weighted by atomic mass is 16.2. The van der Waals surface area contributed by atoms with E-state index in [0.29, 0.717) is 23.8 Å². The minimum atomic E-state index is 0.0545. The van der Waals surface area contributed by atoms with Crippen molar-refractivity contribution in [2.24, 2.45) is 11.8 Å². The van der Waals surface area contributed by atoms with Crippen LogP contribution in [0.2, 0.25) is 0 Å². The fraction of sp³-hybridized carbons (Fsp3) is 0.667. The summed E-state index contributed by atoms with van der Waals surface area (Å²) in [5.74, 6) is 1.72. The molecule has 1 saturated heterocycles. The van der Waals surface area contributed by atoms with Crippen molar-refractivity contribution >= 4 is 11.8 Å². The van der Waals surface area contributed by atoms with Crippen molar-refractivity contribution in [1.29, 1.82) is 0 Å². The van der Waals surface area contributed by atoms with Crippen LogP contribution in [-0.4, -0.2) is 35.8 Å². The largest absolute Gasteiger partial charge is 0.349 e. The zero-order valence-corrected chi connectivity index (χ0v) is 17.0. The van der Waals surface area contributed by atoms with Gasteiger partial charge in [-0.25, -0.2) is 0 Å². The molecule has 152 valence electrons. The molecule has 0 bridgehead atoms. The molecule has 3 fully saturated rings. The molecule has 0 aromatic heterocycles. The van der Waals surface area contributed by atoms with Crippen LogP contribution in [0.3, 0.4) is 0 Å². The molecule has 1 aromatic carbocycles. The highest BCUT2D eigenvalue weighted by Crippen LogP contribution is 2.28. The zero-order chi connectivity index (χ0) is 19.3. The molecule has 4 heteroatoms. The summed E-state index contributed by atoms with van der Waals surface area (Å²) in [6.07, 6.45) is 12.7. The van der Waals surface area contributed by atoms with Crippen LogP contribution in [0.1, 0.15) is 80.1 Å². The number of carbonyl (C=O) groups is 2. The van der Waals surface area contributed by atoms with Gasteiger partial charge in [-0.3, -0.25) is 9.59 Å². The number of hydrogen-bond donors (Lipinski definition) is 1. The van der Waals surface area contributed by atoms with Crippen molar-refractivity contribution in [3.63, 3.8) is 0 Å². The van der Waals surface area contributed by atoms with E-state index >= 15 is 0 Å². The van der Waals surface area contributed by atoms with Crippen molar-refractivity contribution in [3.05, 3.63) is 35.4 Å². The number of likely N-dealkylation sites (tertiary alicyclic amines) is 1. The van der Waals surface area contributed by atoms with Gasteiger partial charge in [0, 0.05) is 31.1 Å². The molecule has 1 heterocycles. The normalized spacial score (nSPS) is 21.5. The van der Waals surface area contributed by atoms with Gasteiger partial charge in [0.05, 0.1) is 0 Å². The average Bonchev–Trinajstić information content (AvgIpc) is 3.54. The third-order valence-corrected chi connectivity index (χ3v) is 6.81. The highest BCUT2D eigenvalue weighted by Gasteiger charge is 2.26. The topological polar surface area (TPSA) is 49.4 Å². The van der Waals surface area contributed by atoms with Gasteiger partial charge >= 0.3 is 0 Å². The Morgan fingerprint density at radius 2 is 1.54 bits per heavy atom. The van der Waals surface area contributed by atoms with Gasteiger partial charge in [0.1, 0.15) is 0 Å². The lowest BCUT2D eigenvalue weighted by atomic mass is 9.86. The number of nitrogens with one attached hydrogen (secondary N) is 1. The zero-order valence-electron chi connectivity index (χ0n) is 17.0. The number of nitrogens with zero attached hydrogens (tertiary/aromatic N) is 1. The van der Waals surface area contributed by atoms with E-state index in [1.165, 1.54) is 37.7 Å². The Bertz CT molecular complexity index is 666. The SMILES string of the molecule is O=C(NC1CC1)c1ccc(CC2CCN(C(=O)CC3CCCCC3)CC2)cc1. The van der Waals surface area contributed by atoms with Crippen molar-refractivity contribution < 1.29 is 9.59 Å². The summed E-state index contributed by atoms with van der Waals surface area (Å²) in [5.41, 5.74) is 2.06. The van der Waals surface area contributed by atoms with Crippen LogP contribution in [0, 0.1) is 11.8 Å². The summed E-state index contributed by atoms with van der Waals surface area (Å²) in [6, 6.07) is 8.51. The van der Waals surface area contributed by atoms with E-state index in [9.17, 15) is 9.59 Å². The molecule has 0 unspecified atom stereocenters. The molecule has 1 N–H and O–H groups in total. The first-order valence-corrected chi connectivity index (χ1v) is 11.3. The minimum Gasteiger partial charge on any atom is -0.349 e. The predicted octanol–water partition coefficient (Wildman–Crippen LogP) is 4.33. The van der Waals surface area contributed by atoms with E-state index in [-0.39, 0.29) is 5.91 Å². The Labute approximate surface area is 169 Å². The first kappa shape index (κ1) is 19.5. The summed E-state index contributed by atoms with van der Waals surface area (Å²) in [5, 5.41) is 3.04. The van der Waals surface area contributed by atoms with Crippen LogP contribution < -0.4 is 5.32 Å². The highest BCUT2D eigenvalue weighted by molar-refractivity contribution is 5.94. The van der Waals surface area contributed by atoms with Crippen molar-refractivity contribution in [3.8, 4) is 0 Å². The molecule has 4 nitrogen and oxygen atoms in total. The van der Waals surface area contributed by atoms with Crippen molar-refractivity contribution in [1.82, 2.24) is 10.2 Å². The Balaban J connectivity index is 1.20. The monoisotopic (exact) mass is 382 g/mol. The van der Waals surface area contributed by atoms with Gasteiger partial charge in [0.15, 0.2) is 0 Å². The lowest BCUT2D eigenvalue weighted by Crippen LogP contribution is -2.39. The second-order valence-electron chi connectivity index (χ2n) is 9.18. The maximum atomic E-state index is 12.6. The molecule has 28 heavy (non-hydrogen) atoms. The lowest BCUT2D eigenvalue weighted by Gasteiger charge is -2.33. The molecule has 0 radical (unpaired) electrons. The van der Waals surface area contributed by atoms with Gasteiger partial charge in [-0.15, -0.1) is 0 Å². The maximum absolute atomic E-state index is 12.6. The fourth-order valence-electron chi connectivity index (χ4n) is 4.78. The lowest BCUT2D eigenvalue weighted by molar-refractivity contribution is -0.133. The number of hydrogen-bond acceptors (Lipinski definition) is 2. The third kappa shape index (κ3) is 5.36. The average molecular weight is 383 g/mol. The second-order valence-corrected chi connectivity index (χ2v) is 9.18. The quantitative estimate of drug-likeness (QED) is 0.796. The third-order valence-electron chi connectivity index (χ3n) is 6.81. The van der Waals surface area contributed by atoms with Gasteiger partial charge in [0.25, 0.3) is 5.91 Å². The van der Waals surface area contributed by atoms with Crippen LogP contribution >= 0.6 is 0 Å². The summed E-state index contributed by atoms with van der Waals surface area (Å²) in [7, 11) is 0. The van der Waals surface area contributed by atoms with E-state index in [1.54, 1.807) is 0 Å². The van der Waals surface area contributed by atoms with Gasteiger partial charge < -0.3 is 10.2 Å². The number of rotatable bonds is 6. The van der Waals surface area contributed by atoms with Crippen LogP contribution in [-0.2, 0) is 11.2 Å². The minimum absolute atomic E-state index is 0.0545. The smallest absolute Gasteiger partial charge is 0.251 e. The van der Waals surface area contributed by atoms with Crippen LogP contribution in [0.15, 0.2) is 24.3 Å². The number of piperidine rings is 1. The molecule has 2 saturated carbocycles. The second kappa shape index (κ2) is 9.11. The first-order chi connectivity index (χ1) is 13.7. The van der Waals surface area contributed by atoms with E-state index in [0.717, 1.165) is 57.2 Å². The van der Waals surface area contributed by atoms with Crippen LogP contribution in [0.5, 0.6) is 0 Å². The molecular formula is C24H34N2O2. The Morgan fingerprint density at radius 1 is 0.857 bits per heavy atom. The summed E-state index contributed by atoms with van der Waals surface area (Å²) < 4.78 is 0. The molecule has 0 spiro atoms. The van der Waals surface area contributed by atoms with E-state index in [4.69, 9.17) is 0 Å². The van der Waals surface area contributed by atoms with Crippen molar-refractivity contribution in [2.75, 3.05) is 13.1 Å². The predicted molar refractivity (Wildman–Crippen MR) is 111 cm³/mol. The molecular weight excluding hydrogens is 348 g/mol. The number of amides is 2. The molecule has 1 aliphatic heterocycles. The molecule has 1 aromatic rings. The molecule has 2 aliphatic carbocycles. The molecule has 2 amide bonds. The van der Waals surface area contributed by atoms with Crippen molar-refractivity contribution in [2.45, 2.75) is 76.7 Å². The standard InChI is InChI=1S/C24H34N2O2/c27-23(17-18-4-2-1-3-5-18)26-14-12-20(13-15-26)16-19-6-8-21(9-7-19)24(28)25-22-10-11-22/h6-9,18,20,22H,1-5,10-17H2,(H,25,28). The van der Waals surface area contributed by atoms with Crippen LogP contribution in [0.25, 0.3) is 0 Å². The maximum Gasteiger partial charge on any atom is 0.251 e. The Morgan fingerprint density at radius 3 is 2.18 bits per heavy atom. The van der Waals surface area contributed by atoms with E-state index in [1.807, 2.05) is 12.1 Å². The van der Waals surface area contributed by atoms with Gasteiger partial charge in [-0.2, -0.15) is 0 Å². The van der Waals surface area contributed by atoms with Gasteiger partial charge in [-0.05, 0) is 74.5 Å². The van der Waals surface area contributed by atoms with E-state index < -0.39 is 0 Å². The molecule has 0 atom stereocenters. The number of carbonyl (C=O) groups excluding carboxylic acids is 2. The summed E-state index contributed by atoms with van der Waals surface area (Å²) in [4.78, 5) is 26.8. The van der Waals surface area contributed by atoms with Crippen LogP contribution in [0.4, 0.5) is 0 Å². The van der Waals surface area contributed by atoms with Gasteiger partial charge in [0.2, 0.25) is 5.91 Å². The Hall–Kier alpha value is -1.84. The number of benzene rings is 1. The first-order valence-electron chi connectivity index (χ1n) is 11.3. The van der Waals surface area contributed by atoms with E-state index in [2.05, 4.69) is 22.3 Å². The molecule has 4 rings (SSSR count). The fourth-order valence-corrected chi connectivity index (χ4v) is 4.78. The Kier molecular flexibility index (Phi) is 6.33. The molecule has 3 aliphatic rings.